The molecular weight excluding hydrogens is 449 g/mol. The van der Waals surface area contributed by atoms with Gasteiger partial charge in [-0.3, -0.25) is 9.69 Å². The minimum absolute atomic E-state index is 0. The van der Waals surface area contributed by atoms with E-state index in [1.54, 1.807) is 22.7 Å². The van der Waals surface area contributed by atoms with Crippen molar-refractivity contribution in [2.24, 2.45) is 0 Å². The van der Waals surface area contributed by atoms with Gasteiger partial charge in [-0.05, 0) is 6.08 Å². The Balaban J connectivity index is 0.00000192. The van der Waals surface area contributed by atoms with Crippen molar-refractivity contribution >= 4 is 35.4 Å². The van der Waals surface area contributed by atoms with E-state index >= 15 is 0 Å². The third-order valence-electron chi connectivity index (χ3n) is 3.41. The highest BCUT2D eigenvalue weighted by molar-refractivity contribution is 8.00. The molecule has 3 heterocycles. The highest BCUT2D eigenvalue weighted by Crippen LogP contribution is 2.37. The van der Waals surface area contributed by atoms with Crippen molar-refractivity contribution in [2.45, 2.75) is 16.7 Å². The van der Waals surface area contributed by atoms with E-state index in [9.17, 15) is 9.59 Å². The molecule has 3 rings (SSSR count). The Bertz CT molecular complexity index is 624. The molecule has 0 saturated carbocycles. The highest BCUT2D eigenvalue weighted by atomic mass is 127. The SMILES string of the molecule is CN[n+]1ccc(SCOC(=O)C2=CCS[C@H]3CC(=O)N23)cc1.[I-]. The fourth-order valence-electron chi connectivity index (χ4n) is 2.21. The molecule has 124 valence electrons. The average Bonchev–Trinajstić information content (AvgIpc) is 2.54. The fraction of sp³-hybridized carbons (Fsp3) is 0.357. The molecule has 23 heavy (non-hydrogen) atoms. The van der Waals surface area contributed by atoms with E-state index in [4.69, 9.17) is 4.74 Å². The molecule has 0 radical (unpaired) electrons. The number of carbonyl (C=O) groups is 2. The number of hydrogen-bond donors (Lipinski definition) is 1. The molecule has 1 aromatic heterocycles. The van der Waals surface area contributed by atoms with Gasteiger partial charge in [0.2, 0.25) is 18.3 Å². The first-order valence-electron chi connectivity index (χ1n) is 6.82. The summed E-state index contributed by atoms with van der Waals surface area (Å²) in [5.74, 6) is 0.536. The second-order valence-corrected chi connectivity index (χ2v) is 6.91. The van der Waals surface area contributed by atoms with E-state index in [1.165, 1.54) is 11.8 Å². The summed E-state index contributed by atoms with van der Waals surface area (Å²) in [6, 6.07) is 3.86. The standard InChI is InChI=1S/C14H16N3O3S2.HI/c1-15-16-5-2-10(3-6-16)22-9-20-14(19)11-4-7-21-13-8-12(18)17(11)13;/h2-6,13,15H,7-9H2,1H3;1H/q+1;/p-1/t13-;/m0./s1. The van der Waals surface area contributed by atoms with Crippen LogP contribution in [0.4, 0.5) is 0 Å². The topological polar surface area (TPSA) is 62.5 Å². The molecule has 1 fully saturated rings. The van der Waals surface area contributed by atoms with Gasteiger partial charge >= 0.3 is 5.97 Å². The van der Waals surface area contributed by atoms with Crippen LogP contribution < -0.4 is 34.1 Å². The van der Waals surface area contributed by atoms with Crippen LogP contribution in [-0.2, 0) is 14.3 Å². The van der Waals surface area contributed by atoms with Crippen LogP contribution in [0, 0.1) is 0 Å². The van der Waals surface area contributed by atoms with Gasteiger partial charge in [0.1, 0.15) is 11.6 Å². The Hall–Kier alpha value is -0.940. The van der Waals surface area contributed by atoms with E-state index < -0.39 is 5.97 Å². The number of fused-ring (bicyclic) bond motifs is 1. The van der Waals surface area contributed by atoms with Crippen molar-refractivity contribution in [2.75, 3.05) is 24.2 Å². The fourth-order valence-corrected chi connectivity index (χ4v) is 3.94. The molecular formula is C14H16IN3O3S2. The first-order chi connectivity index (χ1) is 10.7. The zero-order valence-electron chi connectivity index (χ0n) is 12.4. The van der Waals surface area contributed by atoms with Gasteiger partial charge < -0.3 is 28.7 Å². The predicted molar refractivity (Wildman–Crippen MR) is 84.5 cm³/mol. The van der Waals surface area contributed by atoms with E-state index in [0.717, 1.165) is 10.6 Å². The molecule has 2 aliphatic rings. The lowest BCUT2D eigenvalue weighted by Gasteiger charge is -2.42. The number of amides is 1. The van der Waals surface area contributed by atoms with Gasteiger partial charge in [0.25, 0.3) is 0 Å². The van der Waals surface area contributed by atoms with Crippen molar-refractivity contribution in [1.82, 2.24) is 4.90 Å². The van der Waals surface area contributed by atoms with Crippen LogP contribution in [0.25, 0.3) is 0 Å². The quantitative estimate of drug-likeness (QED) is 0.135. The van der Waals surface area contributed by atoms with E-state index in [2.05, 4.69) is 5.43 Å². The highest BCUT2D eigenvalue weighted by Gasteiger charge is 2.43. The minimum Gasteiger partial charge on any atom is -1.00 e. The van der Waals surface area contributed by atoms with E-state index in [-0.39, 0.29) is 41.2 Å². The monoisotopic (exact) mass is 465 g/mol. The molecule has 0 aliphatic carbocycles. The Morgan fingerprint density at radius 3 is 2.91 bits per heavy atom. The number of aromatic nitrogens is 1. The molecule has 0 spiro atoms. The number of nitrogens with zero attached hydrogens (tertiary/aromatic N) is 2. The average molecular weight is 465 g/mol. The van der Waals surface area contributed by atoms with Crippen LogP contribution in [0.15, 0.2) is 41.2 Å². The molecule has 1 atom stereocenters. The molecule has 1 aromatic rings. The molecule has 1 amide bonds. The van der Waals surface area contributed by atoms with Gasteiger partial charge in [-0.2, -0.15) is 5.43 Å². The lowest BCUT2D eigenvalue weighted by molar-refractivity contribution is -0.647. The molecule has 9 heteroatoms. The predicted octanol–water partition coefficient (Wildman–Crippen LogP) is -2.07. The third kappa shape index (κ3) is 4.13. The summed E-state index contributed by atoms with van der Waals surface area (Å²) in [4.78, 5) is 26.2. The first kappa shape index (κ1) is 18.4. The maximum Gasteiger partial charge on any atom is 0.355 e. The lowest BCUT2D eigenvalue weighted by atomic mass is 10.1. The van der Waals surface area contributed by atoms with Crippen LogP contribution in [0.2, 0.25) is 0 Å². The number of rotatable bonds is 5. The van der Waals surface area contributed by atoms with Gasteiger partial charge in [-0.25, -0.2) is 4.79 Å². The number of pyridine rings is 1. The van der Waals surface area contributed by atoms with Gasteiger partial charge in [0, 0.05) is 22.8 Å². The van der Waals surface area contributed by atoms with E-state index in [1.807, 2.05) is 36.3 Å². The van der Waals surface area contributed by atoms with Crippen molar-refractivity contribution in [3.8, 4) is 0 Å². The summed E-state index contributed by atoms with van der Waals surface area (Å²) in [7, 11) is 1.83. The Labute approximate surface area is 160 Å². The first-order valence-corrected chi connectivity index (χ1v) is 8.85. The molecule has 1 N–H and O–H groups in total. The van der Waals surface area contributed by atoms with Gasteiger partial charge in [0.05, 0.1) is 18.8 Å². The summed E-state index contributed by atoms with van der Waals surface area (Å²) < 4.78 is 7.09. The van der Waals surface area contributed by atoms with Crippen molar-refractivity contribution < 1.29 is 43.0 Å². The molecule has 1 saturated heterocycles. The summed E-state index contributed by atoms with van der Waals surface area (Å²) in [5, 5.41) is 0.110. The zero-order valence-corrected chi connectivity index (χ0v) is 16.2. The Kier molecular flexibility index (Phi) is 6.60. The van der Waals surface area contributed by atoms with Crippen molar-refractivity contribution in [1.29, 1.82) is 0 Å². The summed E-state index contributed by atoms with van der Waals surface area (Å²) in [6.07, 6.45) is 6.05. The normalized spacial score (nSPS) is 19.0. The Morgan fingerprint density at radius 1 is 1.52 bits per heavy atom. The molecule has 0 unspecified atom stereocenters. The summed E-state index contributed by atoms with van der Waals surface area (Å²) in [6.45, 7) is 0. The maximum atomic E-state index is 12.1. The van der Waals surface area contributed by atoms with Gasteiger partial charge in [-0.15, -0.1) is 11.8 Å². The van der Waals surface area contributed by atoms with Crippen molar-refractivity contribution in [3.63, 3.8) is 0 Å². The van der Waals surface area contributed by atoms with Crippen LogP contribution in [0.3, 0.4) is 0 Å². The van der Waals surface area contributed by atoms with Crippen LogP contribution in [0.1, 0.15) is 6.42 Å². The number of β-lactam (4-membered cyclic amide) rings is 1. The summed E-state index contributed by atoms with van der Waals surface area (Å²) in [5.41, 5.74) is 3.36. The zero-order chi connectivity index (χ0) is 15.5. The number of ether oxygens (including phenoxy) is 1. The maximum absolute atomic E-state index is 12.1. The second kappa shape index (κ2) is 8.25. The van der Waals surface area contributed by atoms with Gasteiger partial charge in [0.15, 0.2) is 0 Å². The number of nitrogens with one attached hydrogen (secondary N) is 1. The number of halogens is 1. The van der Waals surface area contributed by atoms with Crippen molar-refractivity contribution in [3.05, 3.63) is 36.3 Å². The van der Waals surface area contributed by atoms with Crippen LogP contribution in [-0.4, -0.2) is 40.9 Å². The summed E-state index contributed by atoms with van der Waals surface area (Å²) >= 11 is 3.10. The van der Waals surface area contributed by atoms with E-state index in [0.29, 0.717) is 12.1 Å². The number of hydrogen-bond acceptors (Lipinski definition) is 6. The third-order valence-corrected chi connectivity index (χ3v) is 5.38. The number of thioether (sulfide) groups is 2. The Morgan fingerprint density at radius 2 is 2.26 bits per heavy atom. The molecule has 0 bridgehead atoms. The minimum atomic E-state index is -0.424. The second-order valence-electron chi connectivity index (χ2n) is 4.70. The smallest absolute Gasteiger partial charge is 0.355 e. The number of esters is 1. The molecule has 6 nitrogen and oxygen atoms in total. The molecule has 2 aliphatic heterocycles. The van der Waals surface area contributed by atoms with Crippen LogP contribution in [0.5, 0.6) is 0 Å². The largest absolute Gasteiger partial charge is 1.00 e. The molecule has 0 aromatic carbocycles. The number of carbonyl (C=O) groups excluding carboxylic acids is 2. The van der Waals surface area contributed by atoms with Gasteiger partial charge in [-0.1, -0.05) is 16.4 Å². The lowest BCUT2D eigenvalue weighted by Crippen LogP contribution is -3.00. The van der Waals surface area contributed by atoms with Crippen LogP contribution >= 0.6 is 23.5 Å².